The Kier molecular flexibility index (Phi) is 5.75. The Morgan fingerprint density at radius 3 is 2.35 bits per heavy atom. The van der Waals surface area contributed by atoms with Gasteiger partial charge in [0.15, 0.2) is 0 Å². The van der Waals surface area contributed by atoms with Gasteiger partial charge in [0.05, 0.1) is 0 Å². The SMILES string of the molecule is CCC1(CC)CCN(CCCC(N)=NO)CC1. The lowest BCUT2D eigenvalue weighted by Crippen LogP contribution is -2.40. The summed E-state index contributed by atoms with van der Waals surface area (Å²) in [6.45, 7) is 8.12. The van der Waals surface area contributed by atoms with Crippen molar-refractivity contribution in [2.75, 3.05) is 19.6 Å². The summed E-state index contributed by atoms with van der Waals surface area (Å²) in [6.07, 6.45) is 6.94. The summed E-state index contributed by atoms with van der Waals surface area (Å²) in [7, 11) is 0. The average Bonchev–Trinajstić information content (AvgIpc) is 2.39. The third-order valence-corrected chi connectivity index (χ3v) is 4.45. The van der Waals surface area contributed by atoms with Crippen molar-refractivity contribution in [3.05, 3.63) is 0 Å². The summed E-state index contributed by atoms with van der Waals surface area (Å²) >= 11 is 0. The van der Waals surface area contributed by atoms with Crippen LogP contribution in [-0.4, -0.2) is 35.6 Å². The molecule has 0 aromatic rings. The third kappa shape index (κ3) is 4.19. The van der Waals surface area contributed by atoms with Gasteiger partial charge >= 0.3 is 0 Å². The van der Waals surface area contributed by atoms with Gasteiger partial charge in [0.1, 0.15) is 5.84 Å². The van der Waals surface area contributed by atoms with E-state index >= 15 is 0 Å². The Hall–Kier alpha value is -0.770. The quantitative estimate of drug-likeness (QED) is 0.325. The van der Waals surface area contributed by atoms with Gasteiger partial charge in [-0.15, -0.1) is 0 Å². The molecule has 3 N–H and O–H groups in total. The molecule has 1 aliphatic rings. The van der Waals surface area contributed by atoms with E-state index in [0.29, 0.717) is 17.7 Å². The van der Waals surface area contributed by atoms with Crippen LogP contribution < -0.4 is 5.73 Å². The van der Waals surface area contributed by atoms with Crippen molar-refractivity contribution >= 4 is 5.84 Å². The molecule has 0 aromatic carbocycles. The normalized spacial score (nSPS) is 21.6. The summed E-state index contributed by atoms with van der Waals surface area (Å²) in [5.41, 5.74) is 6.06. The van der Waals surface area contributed by atoms with Gasteiger partial charge in [0.2, 0.25) is 0 Å². The van der Waals surface area contributed by atoms with Gasteiger partial charge in [-0.05, 0) is 44.3 Å². The fourth-order valence-electron chi connectivity index (χ4n) is 2.74. The molecule has 4 heteroatoms. The van der Waals surface area contributed by atoms with Gasteiger partial charge in [-0.25, -0.2) is 0 Å². The molecule has 0 spiro atoms. The molecule has 0 atom stereocenters. The first-order valence-corrected chi connectivity index (χ1v) is 6.84. The highest BCUT2D eigenvalue weighted by Gasteiger charge is 2.30. The zero-order valence-corrected chi connectivity index (χ0v) is 11.3. The number of oxime groups is 1. The molecule has 0 aromatic heterocycles. The van der Waals surface area contributed by atoms with Crippen LogP contribution in [0.15, 0.2) is 5.16 Å². The van der Waals surface area contributed by atoms with Crippen LogP contribution in [0, 0.1) is 5.41 Å². The van der Waals surface area contributed by atoms with Crippen LogP contribution in [0.2, 0.25) is 0 Å². The summed E-state index contributed by atoms with van der Waals surface area (Å²) in [5.74, 6) is 0.346. The van der Waals surface area contributed by atoms with E-state index in [1.807, 2.05) is 0 Å². The van der Waals surface area contributed by atoms with E-state index in [9.17, 15) is 0 Å². The second-order valence-electron chi connectivity index (χ2n) is 5.24. The number of nitrogens with two attached hydrogens (primary N) is 1. The zero-order chi connectivity index (χ0) is 12.7. The number of amidine groups is 1. The monoisotopic (exact) mass is 241 g/mol. The Labute approximate surface area is 105 Å². The van der Waals surface area contributed by atoms with Crippen LogP contribution in [0.5, 0.6) is 0 Å². The van der Waals surface area contributed by atoms with Crippen LogP contribution in [-0.2, 0) is 0 Å². The Bertz CT molecular complexity index is 239. The molecule has 0 radical (unpaired) electrons. The maximum Gasteiger partial charge on any atom is 0.139 e. The van der Waals surface area contributed by atoms with Crippen molar-refractivity contribution in [2.45, 2.75) is 52.4 Å². The summed E-state index contributed by atoms with van der Waals surface area (Å²) < 4.78 is 0. The molecule has 4 nitrogen and oxygen atoms in total. The van der Waals surface area contributed by atoms with Crippen LogP contribution in [0.25, 0.3) is 0 Å². The number of likely N-dealkylation sites (tertiary alicyclic amines) is 1. The Morgan fingerprint density at radius 1 is 1.29 bits per heavy atom. The van der Waals surface area contributed by atoms with Crippen LogP contribution in [0.1, 0.15) is 52.4 Å². The second-order valence-corrected chi connectivity index (χ2v) is 5.24. The van der Waals surface area contributed by atoms with Gasteiger partial charge in [-0.3, -0.25) is 0 Å². The molecule has 1 rings (SSSR count). The van der Waals surface area contributed by atoms with Gasteiger partial charge in [0, 0.05) is 6.42 Å². The molecule has 0 aliphatic carbocycles. The van der Waals surface area contributed by atoms with Crippen LogP contribution >= 0.6 is 0 Å². The topological polar surface area (TPSA) is 61.8 Å². The average molecular weight is 241 g/mol. The van der Waals surface area contributed by atoms with E-state index in [4.69, 9.17) is 10.9 Å². The molecule has 0 unspecified atom stereocenters. The first-order valence-electron chi connectivity index (χ1n) is 6.84. The van der Waals surface area contributed by atoms with Crippen molar-refractivity contribution in [1.29, 1.82) is 0 Å². The number of piperidine rings is 1. The van der Waals surface area contributed by atoms with Crippen LogP contribution in [0.3, 0.4) is 0 Å². The predicted molar refractivity (Wildman–Crippen MR) is 71.3 cm³/mol. The first-order chi connectivity index (χ1) is 8.15. The lowest BCUT2D eigenvalue weighted by Gasteiger charge is -2.41. The van der Waals surface area contributed by atoms with E-state index in [2.05, 4.69) is 23.9 Å². The van der Waals surface area contributed by atoms with Crippen molar-refractivity contribution in [1.82, 2.24) is 4.90 Å². The fourth-order valence-corrected chi connectivity index (χ4v) is 2.74. The number of nitrogens with zero attached hydrogens (tertiary/aromatic N) is 2. The minimum absolute atomic E-state index is 0.346. The number of rotatable bonds is 6. The number of hydrogen-bond acceptors (Lipinski definition) is 3. The molecule has 100 valence electrons. The van der Waals surface area contributed by atoms with Crippen molar-refractivity contribution in [3.8, 4) is 0 Å². The van der Waals surface area contributed by atoms with Crippen molar-refractivity contribution in [3.63, 3.8) is 0 Å². The van der Waals surface area contributed by atoms with E-state index in [0.717, 1.165) is 13.0 Å². The predicted octanol–water partition coefficient (Wildman–Crippen LogP) is 2.42. The standard InChI is InChI=1S/C13H27N3O/c1-3-13(4-2)7-10-16(11-8-13)9-5-6-12(14)15-17/h17H,3-11H2,1-2H3,(H2,14,15). The van der Waals surface area contributed by atoms with Gasteiger partial charge in [-0.1, -0.05) is 31.8 Å². The minimum Gasteiger partial charge on any atom is -0.409 e. The largest absolute Gasteiger partial charge is 0.409 e. The molecule has 1 saturated heterocycles. The maximum atomic E-state index is 8.45. The molecule has 0 amide bonds. The summed E-state index contributed by atoms with van der Waals surface area (Å²) in [6, 6.07) is 0. The smallest absolute Gasteiger partial charge is 0.139 e. The summed E-state index contributed by atoms with van der Waals surface area (Å²) in [4.78, 5) is 2.51. The Balaban J connectivity index is 2.23. The zero-order valence-electron chi connectivity index (χ0n) is 11.3. The molecule has 0 saturated carbocycles. The molecule has 1 aliphatic heterocycles. The molecule has 1 fully saturated rings. The van der Waals surface area contributed by atoms with E-state index in [1.54, 1.807) is 0 Å². The van der Waals surface area contributed by atoms with Crippen LogP contribution in [0.4, 0.5) is 0 Å². The molecule has 1 heterocycles. The second kappa shape index (κ2) is 6.84. The lowest BCUT2D eigenvalue weighted by atomic mass is 9.74. The molecule has 0 bridgehead atoms. The van der Waals surface area contributed by atoms with Crippen molar-refractivity contribution in [2.24, 2.45) is 16.3 Å². The van der Waals surface area contributed by atoms with Gasteiger partial charge < -0.3 is 15.8 Å². The van der Waals surface area contributed by atoms with Gasteiger partial charge in [0.25, 0.3) is 0 Å². The van der Waals surface area contributed by atoms with E-state index in [1.165, 1.54) is 38.8 Å². The summed E-state index contributed by atoms with van der Waals surface area (Å²) in [5, 5.41) is 11.5. The highest BCUT2D eigenvalue weighted by molar-refractivity contribution is 5.79. The highest BCUT2D eigenvalue weighted by atomic mass is 16.4. The Morgan fingerprint density at radius 2 is 1.88 bits per heavy atom. The number of hydrogen-bond donors (Lipinski definition) is 2. The first kappa shape index (κ1) is 14.3. The maximum absolute atomic E-state index is 8.45. The lowest BCUT2D eigenvalue weighted by molar-refractivity contribution is 0.0951. The van der Waals surface area contributed by atoms with Gasteiger partial charge in [-0.2, -0.15) is 0 Å². The molecular weight excluding hydrogens is 214 g/mol. The van der Waals surface area contributed by atoms with E-state index < -0.39 is 0 Å². The third-order valence-electron chi connectivity index (χ3n) is 4.45. The fraction of sp³-hybridized carbons (Fsp3) is 0.923. The van der Waals surface area contributed by atoms with Crippen molar-refractivity contribution < 1.29 is 5.21 Å². The van der Waals surface area contributed by atoms with E-state index in [-0.39, 0.29) is 0 Å². The molecule has 17 heavy (non-hydrogen) atoms. The minimum atomic E-state index is 0.346. The molecular formula is C13H27N3O. The highest BCUT2D eigenvalue weighted by Crippen LogP contribution is 2.37.